The maximum atomic E-state index is 13.1. The quantitative estimate of drug-likeness (QED) is 0.890. The number of ether oxygens (including phenoxy) is 1. The standard InChI is InChI=1S/C15H18ClFN2O2/c1-3-12-15(16)13(19(4-2)18-12)9-21-14-6-5-11(17)7-10(14)8-20/h5-7,20H,3-4,8-9H2,1-2H3. The van der Waals surface area contributed by atoms with Gasteiger partial charge in [0, 0.05) is 12.1 Å². The summed E-state index contributed by atoms with van der Waals surface area (Å²) in [7, 11) is 0. The lowest BCUT2D eigenvalue weighted by molar-refractivity contribution is 0.254. The molecular formula is C15H18ClFN2O2. The fraction of sp³-hybridized carbons (Fsp3) is 0.400. The van der Waals surface area contributed by atoms with Crippen LogP contribution in [0.4, 0.5) is 4.39 Å². The third-order valence-electron chi connectivity index (χ3n) is 3.25. The fourth-order valence-corrected chi connectivity index (χ4v) is 2.44. The minimum Gasteiger partial charge on any atom is -0.487 e. The molecule has 0 spiro atoms. The van der Waals surface area contributed by atoms with Crippen LogP contribution < -0.4 is 4.74 Å². The Hall–Kier alpha value is -1.59. The number of hydrogen-bond donors (Lipinski definition) is 1. The van der Waals surface area contributed by atoms with Gasteiger partial charge in [-0.2, -0.15) is 5.10 Å². The molecule has 1 aromatic heterocycles. The first-order valence-corrected chi connectivity index (χ1v) is 7.24. The number of rotatable bonds is 6. The summed E-state index contributed by atoms with van der Waals surface area (Å²) in [6, 6.07) is 4.05. The third-order valence-corrected chi connectivity index (χ3v) is 3.69. The number of halogens is 2. The number of aromatic nitrogens is 2. The molecule has 1 N–H and O–H groups in total. The van der Waals surface area contributed by atoms with E-state index in [2.05, 4.69) is 5.10 Å². The topological polar surface area (TPSA) is 47.3 Å². The zero-order valence-corrected chi connectivity index (χ0v) is 12.8. The molecule has 4 nitrogen and oxygen atoms in total. The minimum atomic E-state index is -0.406. The van der Waals surface area contributed by atoms with Gasteiger partial charge in [0.25, 0.3) is 0 Å². The summed E-state index contributed by atoms with van der Waals surface area (Å²) in [5.41, 5.74) is 2.02. The van der Waals surface area contributed by atoms with E-state index in [0.29, 0.717) is 22.9 Å². The number of benzene rings is 1. The molecule has 0 fully saturated rings. The number of hydrogen-bond acceptors (Lipinski definition) is 3. The number of nitrogens with zero attached hydrogens (tertiary/aromatic N) is 2. The van der Waals surface area contributed by atoms with E-state index in [1.165, 1.54) is 18.2 Å². The van der Waals surface area contributed by atoms with Crippen molar-refractivity contribution in [3.63, 3.8) is 0 Å². The van der Waals surface area contributed by atoms with E-state index in [1.54, 1.807) is 4.68 Å². The van der Waals surface area contributed by atoms with Gasteiger partial charge < -0.3 is 9.84 Å². The average molecular weight is 313 g/mol. The van der Waals surface area contributed by atoms with Crippen LogP contribution in [0.25, 0.3) is 0 Å². The van der Waals surface area contributed by atoms with Crippen LogP contribution in [-0.2, 0) is 26.2 Å². The van der Waals surface area contributed by atoms with Crippen LogP contribution in [0, 0.1) is 5.82 Å². The smallest absolute Gasteiger partial charge is 0.131 e. The Morgan fingerprint density at radius 1 is 1.38 bits per heavy atom. The average Bonchev–Trinajstić information content (AvgIpc) is 2.81. The van der Waals surface area contributed by atoms with Gasteiger partial charge in [0.2, 0.25) is 0 Å². The first kappa shape index (κ1) is 15.8. The van der Waals surface area contributed by atoms with E-state index in [0.717, 1.165) is 17.8 Å². The molecule has 1 heterocycles. The van der Waals surface area contributed by atoms with Crippen LogP contribution in [0.1, 0.15) is 30.8 Å². The highest BCUT2D eigenvalue weighted by molar-refractivity contribution is 6.31. The fourth-order valence-electron chi connectivity index (χ4n) is 2.11. The van der Waals surface area contributed by atoms with Crippen molar-refractivity contribution >= 4 is 11.6 Å². The summed E-state index contributed by atoms with van der Waals surface area (Å²) in [6.07, 6.45) is 0.747. The van der Waals surface area contributed by atoms with E-state index < -0.39 is 5.82 Å². The van der Waals surface area contributed by atoms with Crippen molar-refractivity contribution < 1.29 is 14.2 Å². The molecule has 0 saturated carbocycles. The van der Waals surface area contributed by atoms with Gasteiger partial charge in [-0.25, -0.2) is 4.39 Å². The maximum Gasteiger partial charge on any atom is 0.131 e. The number of aryl methyl sites for hydroxylation is 2. The normalized spacial score (nSPS) is 10.9. The second-order valence-corrected chi connectivity index (χ2v) is 4.95. The molecule has 2 aromatic rings. The lowest BCUT2D eigenvalue weighted by atomic mass is 10.2. The van der Waals surface area contributed by atoms with Gasteiger partial charge >= 0.3 is 0 Å². The van der Waals surface area contributed by atoms with Crippen molar-refractivity contribution in [3.05, 3.63) is 46.0 Å². The van der Waals surface area contributed by atoms with Crippen LogP contribution >= 0.6 is 11.6 Å². The van der Waals surface area contributed by atoms with Gasteiger partial charge in [0.1, 0.15) is 18.2 Å². The molecule has 0 aliphatic carbocycles. The Labute approximate surface area is 128 Å². The predicted octanol–water partition coefficient (Wildman–Crippen LogP) is 3.33. The lowest BCUT2D eigenvalue weighted by Crippen LogP contribution is -2.07. The molecule has 2 rings (SSSR count). The zero-order valence-electron chi connectivity index (χ0n) is 12.1. The Morgan fingerprint density at radius 3 is 2.76 bits per heavy atom. The highest BCUT2D eigenvalue weighted by Gasteiger charge is 2.15. The van der Waals surface area contributed by atoms with E-state index >= 15 is 0 Å². The summed E-state index contributed by atoms with van der Waals surface area (Å²) in [6.45, 7) is 4.59. The predicted molar refractivity (Wildman–Crippen MR) is 78.9 cm³/mol. The Kier molecular flexibility index (Phi) is 5.20. The molecule has 0 aliphatic heterocycles. The van der Waals surface area contributed by atoms with Crippen molar-refractivity contribution in [2.75, 3.05) is 0 Å². The highest BCUT2D eigenvalue weighted by atomic mass is 35.5. The van der Waals surface area contributed by atoms with Crippen molar-refractivity contribution in [1.82, 2.24) is 9.78 Å². The van der Waals surface area contributed by atoms with Crippen molar-refractivity contribution in [1.29, 1.82) is 0 Å². The molecule has 114 valence electrons. The number of aliphatic hydroxyl groups excluding tert-OH is 1. The van der Waals surface area contributed by atoms with Crippen molar-refractivity contribution in [2.45, 2.75) is 40.0 Å². The van der Waals surface area contributed by atoms with Crippen LogP contribution in [0.5, 0.6) is 5.75 Å². The van der Waals surface area contributed by atoms with Crippen molar-refractivity contribution in [3.8, 4) is 5.75 Å². The molecule has 0 unspecified atom stereocenters. The van der Waals surface area contributed by atoms with Gasteiger partial charge in [0.15, 0.2) is 0 Å². The SMILES string of the molecule is CCc1nn(CC)c(COc2ccc(F)cc2CO)c1Cl. The second kappa shape index (κ2) is 6.91. The molecule has 21 heavy (non-hydrogen) atoms. The molecule has 0 atom stereocenters. The Morgan fingerprint density at radius 2 is 2.14 bits per heavy atom. The van der Waals surface area contributed by atoms with Crippen molar-refractivity contribution in [2.24, 2.45) is 0 Å². The van der Waals surface area contributed by atoms with Crippen LogP contribution in [0.2, 0.25) is 5.02 Å². The minimum absolute atomic E-state index is 0.221. The molecule has 0 bridgehead atoms. The Balaban J connectivity index is 2.22. The molecular weight excluding hydrogens is 295 g/mol. The third kappa shape index (κ3) is 3.36. The van der Waals surface area contributed by atoms with E-state index in [4.69, 9.17) is 16.3 Å². The Bertz CT molecular complexity index is 628. The molecule has 0 amide bonds. The van der Waals surface area contributed by atoms with E-state index in [9.17, 15) is 9.50 Å². The summed E-state index contributed by atoms with van der Waals surface area (Å²) < 4.78 is 20.6. The van der Waals surface area contributed by atoms with Crippen LogP contribution in [0.3, 0.4) is 0 Å². The first-order chi connectivity index (χ1) is 10.1. The highest BCUT2D eigenvalue weighted by Crippen LogP contribution is 2.25. The van der Waals surface area contributed by atoms with Gasteiger partial charge in [-0.3, -0.25) is 4.68 Å². The van der Waals surface area contributed by atoms with Crippen LogP contribution in [0.15, 0.2) is 18.2 Å². The summed E-state index contributed by atoms with van der Waals surface area (Å²) in [5, 5.41) is 14.3. The lowest BCUT2D eigenvalue weighted by Gasteiger charge is -2.11. The molecule has 0 aliphatic rings. The summed E-state index contributed by atoms with van der Waals surface area (Å²) >= 11 is 6.30. The largest absolute Gasteiger partial charge is 0.487 e. The van der Waals surface area contributed by atoms with Gasteiger partial charge in [-0.15, -0.1) is 0 Å². The van der Waals surface area contributed by atoms with Gasteiger partial charge in [-0.05, 0) is 31.5 Å². The molecule has 6 heteroatoms. The molecule has 0 saturated heterocycles. The maximum absolute atomic E-state index is 13.1. The monoisotopic (exact) mass is 312 g/mol. The van der Waals surface area contributed by atoms with E-state index in [-0.39, 0.29) is 13.2 Å². The molecule has 1 aromatic carbocycles. The van der Waals surface area contributed by atoms with Gasteiger partial charge in [-0.1, -0.05) is 18.5 Å². The second-order valence-electron chi connectivity index (χ2n) is 4.58. The van der Waals surface area contributed by atoms with Gasteiger partial charge in [0.05, 0.1) is 23.0 Å². The van der Waals surface area contributed by atoms with E-state index in [1.807, 2.05) is 13.8 Å². The number of aliphatic hydroxyl groups is 1. The molecule has 0 radical (unpaired) electrons. The zero-order chi connectivity index (χ0) is 15.4. The summed E-state index contributed by atoms with van der Waals surface area (Å²) in [4.78, 5) is 0. The first-order valence-electron chi connectivity index (χ1n) is 6.86. The van der Waals surface area contributed by atoms with Crippen LogP contribution in [-0.4, -0.2) is 14.9 Å². The summed E-state index contributed by atoms with van der Waals surface area (Å²) in [5.74, 6) is 0.0353.